The van der Waals surface area contributed by atoms with Gasteiger partial charge >= 0.3 is 6.18 Å². The fourth-order valence-electron chi connectivity index (χ4n) is 1.03. The molecule has 0 fully saturated rings. The predicted octanol–water partition coefficient (Wildman–Crippen LogP) is 0.320. The highest BCUT2D eigenvalue weighted by Crippen LogP contribution is 2.23. The molecule has 0 aliphatic rings. The predicted molar refractivity (Wildman–Crippen MR) is 45.4 cm³/mol. The standard InChI is InChI=1S/C7H6F3N5O2/c8-7(9,10)4(16)1-5-12-6(14-17-5)3-2-11-15-13-3/h2,4,16H,1H2,(H,11,13,15). The normalized spacial score (nSPS) is 13.9. The lowest BCUT2D eigenvalue weighted by Gasteiger charge is -2.11. The highest BCUT2D eigenvalue weighted by atomic mass is 19.4. The number of nitrogens with one attached hydrogen (secondary N) is 1. The summed E-state index contributed by atoms with van der Waals surface area (Å²) >= 11 is 0. The highest BCUT2D eigenvalue weighted by molar-refractivity contribution is 5.44. The largest absolute Gasteiger partial charge is 0.414 e. The zero-order valence-corrected chi connectivity index (χ0v) is 8.14. The second-order valence-electron chi connectivity index (χ2n) is 3.13. The fourth-order valence-corrected chi connectivity index (χ4v) is 1.03. The van der Waals surface area contributed by atoms with Crippen LogP contribution in [0.1, 0.15) is 5.89 Å². The quantitative estimate of drug-likeness (QED) is 0.812. The average Bonchev–Trinajstić information content (AvgIpc) is 2.83. The summed E-state index contributed by atoms with van der Waals surface area (Å²) in [5.74, 6) is -0.323. The molecule has 0 bridgehead atoms. The Morgan fingerprint density at radius 3 is 2.82 bits per heavy atom. The van der Waals surface area contributed by atoms with Crippen LogP contribution >= 0.6 is 0 Å². The van der Waals surface area contributed by atoms with Gasteiger partial charge in [0, 0.05) is 0 Å². The molecular weight excluding hydrogens is 243 g/mol. The Kier molecular flexibility index (Phi) is 2.79. The first-order chi connectivity index (χ1) is 7.97. The van der Waals surface area contributed by atoms with Gasteiger partial charge in [-0.1, -0.05) is 5.16 Å². The Morgan fingerprint density at radius 1 is 1.47 bits per heavy atom. The third kappa shape index (κ3) is 2.58. The minimum Gasteiger partial charge on any atom is -0.383 e. The third-order valence-corrected chi connectivity index (χ3v) is 1.86. The number of nitrogens with zero attached hydrogens (tertiary/aromatic N) is 4. The van der Waals surface area contributed by atoms with Gasteiger partial charge in [0.25, 0.3) is 0 Å². The van der Waals surface area contributed by atoms with E-state index in [1.165, 1.54) is 6.20 Å². The Bertz CT molecular complexity index is 480. The molecule has 0 aliphatic heterocycles. The molecule has 0 aliphatic carbocycles. The van der Waals surface area contributed by atoms with Gasteiger partial charge in [-0.25, -0.2) is 0 Å². The number of aromatic nitrogens is 5. The van der Waals surface area contributed by atoms with Crippen molar-refractivity contribution in [3.63, 3.8) is 0 Å². The van der Waals surface area contributed by atoms with E-state index >= 15 is 0 Å². The Labute approximate surface area is 91.6 Å². The Balaban J connectivity index is 2.09. The zero-order chi connectivity index (χ0) is 12.5. The van der Waals surface area contributed by atoms with Crippen molar-refractivity contribution >= 4 is 0 Å². The molecule has 10 heteroatoms. The second-order valence-corrected chi connectivity index (χ2v) is 3.13. The number of aliphatic hydroxyl groups excluding tert-OH is 1. The van der Waals surface area contributed by atoms with Crippen LogP contribution in [0, 0.1) is 0 Å². The van der Waals surface area contributed by atoms with E-state index in [0.29, 0.717) is 0 Å². The Morgan fingerprint density at radius 2 is 2.24 bits per heavy atom. The summed E-state index contributed by atoms with van der Waals surface area (Å²) in [5, 5.41) is 21.6. The van der Waals surface area contributed by atoms with Gasteiger partial charge in [0.2, 0.25) is 11.7 Å². The molecular formula is C7H6F3N5O2. The molecule has 0 radical (unpaired) electrons. The molecule has 0 spiro atoms. The van der Waals surface area contributed by atoms with Gasteiger partial charge in [0.15, 0.2) is 11.8 Å². The highest BCUT2D eigenvalue weighted by Gasteiger charge is 2.39. The van der Waals surface area contributed by atoms with Crippen LogP contribution in [-0.4, -0.2) is 42.9 Å². The lowest BCUT2D eigenvalue weighted by molar-refractivity contribution is -0.204. The lowest BCUT2D eigenvalue weighted by Crippen LogP contribution is -2.30. The number of alkyl halides is 3. The third-order valence-electron chi connectivity index (χ3n) is 1.86. The van der Waals surface area contributed by atoms with Crippen LogP contribution in [0.2, 0.25) is 0 Å². The van der Waals surface area contributed by atoms with Crippen molar-refractivity contribution in [3.05, 3.63) is 12.1 Å². The van der Waals surface area contributed by atoms with Gasteiger partial charge in [0.05, 0.1) is 12.6 Å². The molecule has 17 heavy (non-hydrogen) atoms. The van der Waals surface area contributed by atoms with Gasteiger partial charge in [-0.3, -0.25) is 0 Å². The summed E-state index contributed by atoms with van der Waals surface area (Å²) in [5.41, 5.74) is 0.237. The van der Waals surface area contributed by atoms with E-state index < -0.39 is 18.7 Å². The Hall–Kier alpha value is -1.97. The van der Waals surface area contributed by atoms with Crippen molar-refractivity contribution in [1.29, 1.82) is 0 Å². The van der Waals surface area contributed by atoms with Gasteiger partial charge < -0.3 is 9.63 Å². The summed E-state index contributed by atoms with van der Waals surface area (Å²) < 4.78 is 40.7. The number of rotatable bonds is 3. The van der Waals surface area contributed by atoms with Crippen molar-refractivity contribution < 1.29 is 22.8 Å². The number of hydrogen-bond donors (Lipinski definition) is 2. The van der Waals surface area contributed by atoms with Gasteiger partial charge in [-0.15, -0.1) is 0 Å². The van der Waals surface area contributed by atoms with E-state index in [1.807, 2.05) is 0 Å². The molecule has 0 saturated heterocycles. The maximum absolute atomic E-state index is 12.0. The van der Waals surface area contributed by atoms with Crippen LogP contribution in [-0.2, 0) is 6.42 Å². The molecule has 2 rings (SSSR count). The summed E-state index contributed by atoms with van der Waals surface area (Å²) in [4.78, 5) is 3.65. The summed E-state index contributed by atoms with van der Waals surface area (Å²) in [6.07, 6.45) is -6.76. The summed E-state index contributed by atoms with van der Waals surface area (Å²) in [7, 11) is 0. The van der Waals surface area contributed by atoms with Crippen molar-refractivity contribution in [2.45, 2.75) is 18.7 Å². The molecule has 2 aromatic rings. The SMILES string of the molecule is OC(Cc1nc(-c2cn[nH]n2)no1)C(F)(F)F. The van der Waals surface area contributed by atoms with Crippen LogP contribution < -0.4 is 0 Å². The van der Waals surface area contributed by atoms with Crippen molar-refractivity contribution in [2.75, 3.05) is 0 Å². The fraction of sp³-hybridized carbons (Fsp3) is 0.429. The van der Waals surface area contributed by atoms with Gasteiger partial charge in [-0.2, -0.15) is 33.6 Å². The van der Waals surface area contributed by atoms with Crippen molar-refractivity contribution in [3.8, 4) is 11.5 Å². The molecule has 0 saturated carbocycles. The van der Waals surface area contributed by atoms with E-state index in [2.05, 4.69) is 30.1 Å². The van der Waals surface area contributed by atoms with Crippen LogP contribution in [0.25, 0.3) is 11.5 Å². The number of H-pyrrole nitrogens is 1. The van der Waals surface area contributed by atoms with Gasteiger partial charge in [-0.05, 0) is 0 Å². The molecule has 7 nitrogen and oxygen atoms in total. The first kappa shape index (κ1) is 11.5. The minimum atomic E-state index is -4.72. The maximum Gasteiger partial charge on any atom is 0.414 e. The molecule has 0 amide bonds. The second kappa shape index (κ2) is 4.13. The minimum absolute atomic E-state index is 0.00289. The van der Waals surface area contributed by atoms with Crippen LogP contribution in [0.5, 0.6) is 0 Å². The maximum atomic E-state index is 12.0. The summed E-state index contributed by atoms with van der Waals surface area (Å²) in [6, 6.07) is 0. The number of aromatic amines is 1. The number of halogens is 3. The first-order valence-corrected chi connectivity index (χ1v) is 4.40. The van der Waals surface area contributed by atoms with Crippen LogP contribution in [0.3, 0.4) is 0 Å². The number of hydrogen-bond acceptors (Lipinski definition) is 6. The number of aliphatic hydroxyl groups is 1. The average molecular weight is 249 g/mol. The van der Waals surface area contributed by atoms with Crippen LogP contribution in [0.15, 0.2) is 10.7 Å². The topological polar surface area (TPSA) is 101 Å². The van der Waals surface area contributed by atoms with E-state index in [4.69, 9.17) is 5.11 Å². The first-order valence-electron chi connectivity index (χ1n) is 4.40. The van der Waals surface area contributed by atoms with Gasteiger partial charge in [0.1, 0.15) is 0 Å². The molecule has 2 N–H and O–H groups in total. The molecule has 92 valence electrons. The smallest absolute Gasteiger partial charge is 0.383 e. The zero-order valence-electron chi connectivity index (χ0n) is 8.14. The van der Waals surface area contributed by atoms with Crippen molar-refractivity contribution in [1.82, 2.24) is 25.6 Å². The molecule has 2 aromatic heterocycles. The van der Waals surface area contributed by atoms with E-state index in [1.54, 1.807) is 0 Å². The lowest BCUT2D eigenvalue weighted by atomic mass is 10.2. The van der Waals surface area contributed by atoms with E-state index in [9.17, 15) is 13.2 Å². The van der Waals surface area contributed by atoms with E-state index in [0.717, 1.165) is 0 Å². The van der Waals surface area contributed by atoms with E-state index in [-0.39, 0.29) is 17.4 Å². The van der Waals surface area contributed by atoms with Crippen LogP contribution in [0.4, 0.5) is 13.2 Å². The molecule has 1 atom stereocenters. The molecule has 1 unspecified atom stereocenters. The molecule has 0 aromatic carbocycles. The molecule has 2 heterocycles. The summed E-state index contributed by atoms with van der Waals surface area (Å²) in [6.45, 7) is 0. The van der Waals surface area contributed by atoms with Crippen molar-refractivity contribution in [2.24, 2.45) is 0 Å². The monoisotopic (exact) mass is 249 g/mol.